The summed E-state index contributed by atoms with van der Waals surface area (Å²) in [5.74, 6) is -0.883. The number of hydrogen-bond acceptors (Lipinski definition) is 14. The number of rotatable bonds is 22. The summed E-state index contributed by atoms with van der Waals surface area (Å²) in [6.45, 7) is 13.5. The van der Waals surface area contributed by atoms with Crippen molar-refractivity contribution in [2.45, 2.75) is 158 Å². The molecule has 4 aromatic rings. The van der Waals surface area contributed by atoms with E-state index >= 15 is 0 Å². The molecule has 5 amide bonds. The largest absolute Gasteiger partial charge is 0.391 e. The van der Waals surface area contributed by atoms with Crippen LogP contribution in [0.1, 0.15) is 129 Å². The molecule has 20 heteroatoms. The van der Waals surface area contributed by atoms with Crippen molar-refractivity contribution >= 4 is 81.6 Å². The van der Waals surface area contributed by atoms with Gasteiger partial charge in [0.15, 0.2) is 5.82 Å². The molecule has 17 nitrogen and oxygen atoms in total. The highest BCUT2D eigenvalue weighted by atomic mass is 35.5. The van der Waals surface area contributed by atoms with Crippen molar-refractivity contribution in [1.82, 2.24) is 35.8 Å². The summed E-state index contributed by atoms with van der Waals surface area (Å²) in [7, 11) is 0. The topological polar surface area (TPSA) is 251 Å². The van der Waals surface area contributed by atoms with Gasteiger partial charge in [-0.1, -0.05) is 107 Å². The minimum Gasteiger partial charge on any atom is -0.391 e. The molecule has 2 aliphatic heterocycles. The molecule has 72 heavy (non-hydrogen) atoms. The summed E-state index contributed by atoms with van der Waals surface area (Å²) in [5, 5.41) is 23.0. The number of aryl methyl sites for hydroxylation is 1. The van der Waals surface area contributed by atoms with Crippen molar-refractivity contribution in [2.24, 2.45) is 11.1 Å². The van der Waals surface area contributed by atoms with Gasteiger partial charge in [-0.2, -0.15) is 0 Å². The molecule has 0 radical (unpaired) electrons. The van der Waals surface area contributed by atoms with Gasteiger partial charge in [0.25, 0.3) is 0 Å². The van der Waals surface area contributed by atoms with Crippen LogP contribution in [0.4, 0.5) is 17.3 Å². The first-order valence-electron chi connectivity index (χ1n) is 25.0. The van der Waals surface area contributed by atoms with Crippen molar-refractivity contribution in [3.05, 3.63) is 70.5 Å². The van der Waals surface area contributed by atoms with Crippen LogP contribution in [0.2, 0.25) is 5.02 Å². The lowest BCUT2D eigenvalue weighted by atomic mass is 9.85. The summed E-state index contributed by atoms with van der Waals surface area (Å²) in [6.07, 6.45) is 8.56. The second-order valence-electron chi connectivity index (χ2n) is 20.5. The molecule has 0 bridgehead atoms. The lowest BCUT2D eigenvalue weighted by Gasteiger charge is -2.37. The van der Waals surface area contributed by atoms with Gasteiger partial charge in [-0.15, -0.1) is 11.3 Å². The predicted molar refractivity (Wildman–Crippen MR) is 286 cm³/mol. The van der Waals surface area contributed by atoms with Gasteiger partial charge in [-0.05, 0) is 75.1 Å². The Bertz CT molecular complexity index is 2510. The van der Waals surface area contributed by atoms with E-state index in [9.17, 15) is 29.1 Å². The normalized spacial score (nSPS) is 17.5. The van der Waals surface area contributed by atoms with Gasteiger partial charge >= 0.3 is 0 Å². The van der Waals surface area contributed by atoms with E-state index in [1.165, 1.54) is 16.7 Å². The zero-order valence-corrected chi connectivity index (χ0v) is 44.8. The number of halogens is 1. The summed E-state index contributed by atoms with van der Waals surface area (Å²) in [5.41, 5.74) is 16.8. The Morgan fingerprint density at radius 1 is 0.944 bits per heavy atom. The molecule has 2 fully saturated rings. The average Bonchev–Trinajstić information content (AvgIpc) is 3.95. The predicted octanol–water partition coefficient (Wildman–Crippen LogP) is 7.55. The van der Waals surface area contributed by atoms with E-state index in [1.807, 2.05) is 64.4 Å². The van der Waals surface area contributed by atoms with Crippen LogP contribution in [0.3, 0.4) is 0 Å². The molecule has 4 atom stereocenters. The minimum atomic E-state index is -0.887. The zero-order valence-electron chi connectivity index (χ0n) is 42.4. The van der Waals surface area contributed by atoms with E-state index in [4.69, 9.17) is 23.1 Å². The lowest BCUT2D eigenvalue weighted by molar-refractivity contribution is -0.144. The fourth-order valence-electron chi connectivity index (χ4n) is 8.82. The first kappa shape index (κ1) is 56.0. The number of piperidine rings is 1. The highest BCUT2D eigenvalue weighted by molar-refractivity contribution is 7.99. The molecule has 2 aliphatic rings. The molecule has 6 rings (SSSR count). The zero-order chi connectivity index (χ0) is 52.2. The Morgan fingerprint density at radius 3 is 2.28 bits per heavy atom. The van der Waals surface area contributed by atoms with Crippen LogP contribution < -0.4 is 37.6 Å². The number of nitrogens with zero attached hydrogens (tertiary/aromatic N) is 5. The molecule has 390 valence electrons. The van der Waals surface area contributed by atoms with Crippen LogP contribution >= 0.6 is 34.7 Å². The molecule has 4 heterocycles. The summed E-state index contributed by atoms with van der Waals surface area (Å²) in [6, 6.07) is 11.1. The third-order valence-corrected chi connectivity index (χ3v) is 15.8. The number of anilines is 3. The Labute approximate surface area is 436 Å². The van der Waals surface area contributed by atoms with E-state index in [-0.39, 0.29) is 66.8 Å². The van der Waals surface area contributed by atoms with E-state index in [1.54, 1.807) is 35.7 Å². The molecule has 0 saturated carbocycles. The van der Waals surface area contributed by atoms with Gasteiger partial charge in [0.05, 0.1) is 45.1 Å². The number of nitrogens with two attached hydrogens (primary N) is 2. The van der Waals surface area contributed by atoms with Gasteiger partial charge in [-0.25, -0.2) is 15.0 Å². The van der Waals surface area contributed by atoms with Crippen LogP contribution in [0.5, 0.6) is 0 Å². The number of nitrogens with one attached hydrogen (secondary N) is 4. The highest BCUT2D eigenvalue weighted by Crippen LogP contribution is 2.39. The summed E-state index contributed by atoms with van der Waals surface area (Å²) in [4.78, 5) is 85.0. The second-order valence-corrected chi connectivity index (χ2v) is 22.7. The molecule has 0 spiro atoms. The molecule has 9 N–H and O–H groups in total. The van der Waals surface area contributed by atoms with Gasteiger partial charge in [0.2, 0.25) is 29.5 Å². The van der Waals surface area contributed by atoms with Crippen molar-refractivity contribution < 1.29 is 29.1 Å². The van der Waals surface area contributed by atoms with Crippen LogP contribution in [0, 0.1) is 12.3 Å². The molecule has 2 saturated heterocycles. The van der Waals surface area contributed by atoms with E-state index in [0.29, 0.717) is 39.4 Å². The van der Waals surface area contributed by atoms with E-state index < -0.39 is 29.5 Å². The third kappa shape index (κ3) is 15.8. The molecular formula is C52H72ClN11O6S2. The van der Waals surface area contributed by atoms with Gasteiger partial charge < -0.3 is 47.6 Å². The van der Waals surface area contributed by atoms with Crippen LogP contribution in [0.15, 0.2) is 64.1 Å². The summed E-state index contributed by atoms with van der Waals surface area (Å²) >= 11 is 9.50. The number of thiazole rings is 1. The van der Waals surface area contributed by atoms with E-state index in [0.717, 1.165) is 86.2 Å². The lowest BCUT2D eigenvalue weighted by Crippen LogP contribution is -2.57. The van der Waals surface area contributed by atoms with Crippen molar-refractivity contribution in [3.63, 3.8) is 0 Å². The number of β-amino-alcohol motifs (C(OH)–C–C–N with tert-alkyl or cyclic N) is 1. The SMILES string of the molecule is Cc1ncsc1-c1ccc([C@H](C)NC(=O)[C@@H]2C[C@@H](O)CN2C(=O)[C@@H](NC(=O)CCCCCCCCCNC(=O)CC(=O)Nc2cccc(Sc3ncc(N4CCC(C)(N)CC4)nc3N)c2Cl)C(C)(C)C)cc1. The maximum absolute atomic E-state index is 14.1. The maximum Gasteiger partial charge on any atom is 0.246 e. The number of carbonyl (C=O) groups excluding carboxylic acids is 5. The number of aromatic nitrogens is 3. The Kier molecular flexibility index (Phi) is 19.9. The number of unbranched alkanes of at least 4 members (excludes halogenated alkanes) is 6. The standard InChI is InChI=1S/C52H72ClN11O6S2/c1-32(34-18-20-35(21-19-34)45-33(2)58-31-71-45)59-48(69)38-27-36(65)30-64(38)50(70)46(51(3,4)5)62-41(66)17-12-10-8-7-9-11-13-24-56-42(67)28-43(68)60-37-15-14-16-39(44(37)53)72-49-47(54)61-40(29-57-49)63-25-22-52(6,55)23-26-63/h14-16,18-21,29,31-32,36,38,46,65H,7-13,17,22-28,30,55H2,1-6H3,(H2,54,61)(H,56,67)(H,59,69)(H,60,68)(H,62,66)/t32-,36+,38-,46+/m0/s1. The number of aliphatic hydroxyl groups is 1. The number of carbonyl (C=O) groups is 5. The number of aliphatic hydroxyl groups excluding tert-OH is 1. The van der Waals surface area contributed by atoms with Crippen molar-refractivity contribution in [2.75, 3.05) is 42.1 Å². The summed E-state index contributed by atoms with van der Waals surface area (Å²) < 4.78 is 0. The van der Waals surface area contributed by atoms with Crippen molar-refractivity contribution in [3.8, 4) is 10.4 Å². The second kappa shape index (κ2) is 25.5. The quantitative estimate of drug-likeness (QED) is 0.0297. The smallest absolute Gasteiger partial charge is 0.246 e. The molecule has 2 aromatic heterocycles. The molecule has 0 unspecified atom stereocenters. The van der Waals surface area contributed by atoms with Crippen LogP contribution in [-0.4, -0.2) is 104 Å². The minimum absolute atomic E-state index is 0.00633. The fourth-order valence-corrected chi connectivity index (χ4v) is 10.7. The first-order chi connectivity index (χ1) is 34.2. The van der Waals surface area contributed by atoms with Gasteiger partial charge in [0, 0.05) is 49.5 Å². The van der Waals surface area contributed by atoms with Gasteiger partial charge in [-0.3, -0.25) is 24.0 Å². The number of nitrogen functional groups attached to an aromatic ring is 1. The highest BCUT2D eigenvalue weighted by Gasteiger charge is 2.44. The van der Waals surface area contributed by atoms with E-state index in [2.05, 4.69) is 48.0 Å². The van der Waals surface area contributed by atoms with Crippen LogP contribution in [0.25, 0.3) is 10.4 Å². The Hall–Kier alpha value is -5.34. The number of benzene rings is 2. The monoisotopic (exact) mass is 1050 g/mol. The molecule has 2 aromatic carbocycles. The first-order valence-corrected chi connectivity index (χ1v) is 27.0. The Balaban J connectivity index is 0.840. The maximum atomic E-state index is 14.1. The number of hydrogen-bond donors (Lipinski definition) is 7. The Morgan fingerprint density at radius 2 is 1.62 bits per heavy atom. The fraction of sp³-hybridized carbons (Fsp3) is 0.538. The van der Waals surface area contributed by atoms with Gasteiger partial charge in [0.1, 0.15) is 29.3 Å². The van der Waals surface area contributed by atoms with Crippen LogP contribution in [-0.2, 0) is 24.0 Å². The third-order valence-electron chi connectivity index (χ3n) is 13.2. The number of likely N-dealkylation sites (tertiary alicyclic amines) is 1. The van der Waals surface area contributed by atoms with Crippen molar-refractivity contribution in [1.29, 1.82) is 0 Å². The molecule has 0 aliphatic carbocycles. The molecular weight excluding hydrogens is 974 g/mol. The average molecular weight is 1050 g/mol. The number of amides is 5.